The molecule has 184 valence electrons. The van der Waals surface area contributed by atoms with E-state index in [9.17, 15) is 19.6 Å². The number of carboxylic acid groups (broad SMARTS) is 1. The van der Waals surface area contributed by atoms with Gasteiger partial charge in [-0.05, 0) is 45.7 Å². The normalized spacial score (nSPS) is 18.8. The average molecular weight is 473 g/mol. The lowest BCUT2D eigenvalue weighted by molar-refractivity contribution is -0.148. The summed E-state index contributed by atoms with van der Waals surface area (Å²) in [6.45, 7) is 7.77. The minimum Gasteiger partial charge on any atom is -0.478 e. The van der Waals surface area contributed by atoms with Crippen LogP contribution in [0, 0.1) is 17.2 Å². The fourth-order valence-electron chi connectivity index (χ4n) is 4.37. The van der Waals surface area contributed by atoms with Gasteiger partial charge in [0.25, 0.3) is 5.91 Å². The topological polar surface area (TPSA) is 123 Å². The molecular weight excluding hydrogens is 440 g/mol. The van der Waals surface area contributed by atoms with Gasteiger partial charge in [0.1, 0.15) is 5.75 Å². The Labute approximate surface area is 199 Å². The molecular formula is C24H32N4O6. The van der Waals surface area contributed by atoms with Crippen molar-refractivity contribution in [2.24, 2.45) is 5.92 Å². The van der Waals surface area contributed by atoms with Gasteiger partial charge in [-0.1, -0.05) is 0 Å². The molecule has 0 bridgehead atoms. The smallest absolute Gasteiger partial charge is 0.407 e. The van der Waals surface area contributed by atoms with Gasteiger partial charge in [-0.2, -0.15) is 5.26 Å². The molecule has 0 aliphatic carbocycles. The maximum atomic E-state index is 13.1. The molecule has 0 radical (unpaired) electrons. The van der Waals surface area contributed by atoms with Crippen molar-refractivity contribution < 1.29 is 29.0 Å². The molecule has 34 heavy (non-hydrogen) atoms. The summed E-state index contributed by atoms with van der Waals surface area (Å²) in [7, 11) is 0. The second kappa shape index (κ2) is 10.6. The molecule has 1 aromatic rings. The van der Waals surface area contributed by atoms with Crippen molar-refractivity contribution in [1.29, 1.82) is 5.26 Å². The fourth-order valence-corrected chi connectivity index (χ4v) is 4.37. The molecule has 2 heterocycles. The van der Waals surface area contributed by atoms with Crippen LogP contribution in [0.25, 0.3) is 0 Å². The molecule has 2 amide bonds. The number of nitrogens with zero attached hydrogens (tertiary/aromatic N) is 4. The highest BCUT2D eigenvalue weighted by molar-refractivity contribution is 5.85. The number of hydrogen-bond donors (Lipinski definition) is 1. The van der Waals surface area contributed by atoms with Gasteiger partial charge in [0.2, 0.25) is 0 Å². The summed E-state index contributed by atoms with van der Waals surface area (Å²) < 4.78 is 11.3. The average Bonchev–Trinajstić information content (AvgIpc) is 2.83. The molecule has 0 spiro atoms. The van der Waals surface area contributed by atoms with E-state index in [1.54, 1.807) is 43.9 Å². The Morgan fingerprint density at radius 3 is 2.41 bits per heavy atom. The van der Waals surface area contributed by atoms with Gasteiger partial charge < -0.3 is 29.3 Å². The molecule has 1 atom stereocenters. The van der Waals surface area contributed by atoms with E-state index in [4.69, 9.17) is 14.6 Å². The monoisotopic (exact) mass is 472 g/mol. The third-order valence-electron chi connectivity index (χ3n) is 6.15. The summed E-state index contributed by atoms with van der Waals surface area (Å²) in [6, 6.07) is 7.26. The number of nitriles is 1. The van der Waals surface area contributed by atoms with E-state index in [1.807, 2.05) is 4.90 Å². The zero-order valence-electron chi connectivity index (χ0n) is 20.0. The van der Waals surface area contributed by atoms with Crippen molar-refractivity contribution in [1.82, 2.24) is 9.80 Å². The van der Waals surface area contributed by atoms with Gasteiger partial charge in [0.05, 0.1) is 24.2 Å². The van der Waals surface area contributed by atoms with Crippen molar-refractivity contribution in [2.75, 3.05) is 50.8 Å². The Kier molecular flexibility index (Phi) is 7.87. The van der Waals surface area contributed by atoms with Crippen LogP contribution in [0.3, 0.4) is 0 Å². The minimum atomic E-state index is -1.22. The summed E-state index contributed by atoms with van der Waals surface area (Å²) in [5.41, 5.74) is -0.0722. The molecule has 1 N–H and O–H groups in total. The highest BCUT2D eigenvalue weighted by Crippen LogP contribution is 2.31. The highest BCUT2D eigenvalue weighted by Gasteiger charge is 2.36. The number of piperazine rings is 1. The van der Waals surface area contributed by atoms with Crippen LogP contribution in [0.1, 0.15) is 39.2 Å². The number of rotatable bonds is 6. The Hall–Kier alpha value is -3.48. The van der Waals surface area contributed by atoms with Gasteiger partial charge in [0.15, 0.2) is 5.60 Å². The van der Waals surface area contributed by atoms with Crippen LogP contribution in [0.4, 0.5) is 10.5 Å². The first kappa shape index (κ1) is 25.1. The Bertz CT molecular complexity index is 965. The van der Waals surface area contributed by atoms with Crippen LogP contribution in [-0.2, 0) is 14.3 Å². The predicted molar refractivity (Wildman–Crippen MR) is 124 cm³/mol. The van der Waals surface area contributed by atoms with Gasteiger partial charge in [-0.25, -0.2) is 4.79 Å². The number of anilines is 1. The Morgan fingerprint density at radius 2 is 1.79 bits per heavy atom. The fraction of sp³-hybridized carbons (Fsp3) is 0.583. The molecule has 2 aliphatic rings. The van der Waals surface area contributed by atoms with Crippen LogP contribution in [0.5, 0.6) is 5.75 Å². The highest BCUT2D eigenvalue weighted by atomic mass is 16.5. The van der Waals surface area contributed by atoms with Crippen molar-refractivity contribution >= 4 is 23.7 Å². The summed E-state index contributed by atoms with van der Waals surface area (Å²) in [5, 5.41) is 18.7. The predicted octanol–water partition coefficient (Wildman–Crippen LogP) is 2.32. The molecule has 10 nitrogen and oxygen atoms in total. The second-order valence-electron chi connectivity index (χ2n) is 9.04. The minimum absolute atomic E-state index is 0.213. The first-order valence-corrected chi connectivity index (χ1v) is 11.6. The zero-order chi connectivity index (χ0) is 24.9. The van der Waals surface area contributed by atoms with E-state index >= 15 is 0 Å². The van der Waals surface area contributed by atoms with Crippen LogP contribution in [0.15, 0.2) is 18.2 Å². The number of piperidine rings is 1. The van der Waals surface area contributed by atoms with E-state index in [2.05, 4.69) is 6.07 Å². The van der Waals surface area contributed by atoms with Gasteiger partial charge in [0, 0.05) is 51.0 Å². The van der Waals surface area contributed by atoms with Gasteiger partial charge >= 0.3 is 12.1 Å². The van der Waals surface area contributed by atoms with Crippen LogP contribution < -0.4 is 9.64 Å². The maximum absolute atomic E-state index is 13.1. The first-order chi connectivity index (χ1) is 16.1. The lowest BCUT2D eigenvalue weighted by Gasteiger charge is -2.38. The summed E-state index contributed by atoms with van der Waals surface area (Å²) in [4.78, 5) is 41.4. The quantitative estimate of drug-likeness (QED) is 0.626. The molecule has 2 aliphatic heterocycles. The molecule has 1 aromatic carbocycles. The van der Waals surface area contributed by atoms with E-state index in [1.165, 1.54) is 4.90 Å². The van der Waals surface area contributed by atoms with Crippen molar-refractivity contribution in [3.63, 3.8) is 0 Å². The zero-order valence-corrected chi connectivity index (χ0v) is 20.0. The number of carbonyl (C=O) groups excluding carboxylic acids is 2. The summed E-state index contributed by atoms with van der Waals surface area (Å²) in [6.07, 6.45) is 0.585. The second-order valence-corrected chi connectivity index (χ2v) is 9.04. The lowest BCUT2D eigenvalue weighted by Crippen LogP contribution is -2.56. The largest absolute Gasteiger partial charge is 0.478 e. The van der Waals surface area contributed by atoms with Crippen LogP contribution in [-0.4, -0.2) is 84.4 Å². The van der Waals surface area contributed by atoms with E-state index in [-0.39, 0.29) is 30.9 Å². The van der Waals surface area contributed by atoms with Gasteiger partial charge in [-0.15, -0.1) is 0 Å². The van der Waals surface area contributed by atoms with Crippen LogP contribution >= 0.6 is 0 Å². The number of carbonyl (C=O) groups is 3. The lowest BCUT2D eigenvalue weighted by atomic mass is 9.97. The molecule has 0 saturated carbocycles. The van der Waals surface area contributed by atoms with Crippen molar-refractivity contribution in [2.45, 2.75) is 39.2 Å². The number of hydrogen-bond acceptors (Lipinski definition) is 7. The van der Waals surface area contributed by atoms with Crippen LogP contribution in [0.2, 0.25) is 0 Å². The SMILES string of the molecule is CCOC(=O)C1CCCN(c2cc(C#N)cc(OC(C)(C)C(=O)N3CCN(C(=O)O)CC3)c2)C1. The standard InChI is InChI=1S/C24H32N4O6/c1-4-33-21(29)18-6-5-7-28(16-18)19-12-17(15-25)13-20(14-19)34-24(2,3)22(30)26-8-10-27(11-9-26)23(31)32/h12-14,18H,4-11,16H2,1-3H3,(H,31,32). The van der Waals surface area contributed by atoms with Gasteiger partial charge in [-0.3, -0.25) is 9.59 Å². The van der Waals surface area contributed by atoms with E-state index < -0.39 is 11.7 Å². The van der Waals surface area contributed by atoms with Crippen molar-refractivity contribution in [3.8, 4) is 11.8 Å². The Balaban J connectivity index is 1.74. The number of benzene rings is 1. The molecule has 0 aromatic heterocycles. The van der Waals surface area contributed by atoms with E-state index in [0.717, 1.165) is 25.1 Å². The maximum Gasteiger partial charge on any atom is 0.407 e. The number of amides is 2. The molecule has 1 unspecified atom stereocenters. The third-order valence-corrected chi connectivity index (χ3v) is 6.15. The van der Waals surface area contributed by atoms with E-state index in [0.29, 0.717) is 37.6 Å². The van der Waals surface area contributed by atoms with Crippen molar-refractivity contribution in [3.05, 3.63) is 23.8 Å². The first-order valence-electron chi connectivity index (χ1n) is 11.6. The number of ether oxygens (including phenoxy) is 2. The molecule has 3 rings (SSSR count). The molecule has 2 saturated heterocycles. The number of esters is 1. The Morgan fingerprint density at radius 1 is 1.12 bits per heavy atom. The molecule has 2 fully saturated rings. The summed E-state index contributed by atoms with van der Waals surface area (Å²) >= 11 is 0. The third kappa shape index (κ3) is 5.90. The molecule has 10 heteroatoms. The summed E-state index contributed by atoms with van der Waals surface area (Å²) in [5.74, 6) is -0.308.